The standard InChI is InChI=1S/C20H34N4O2S.HI/c1-6-21-18(23-14-17-15(2)9-12-27-17)22-13-16-7-10-24(11-8-16)19(25)26-20(3,4)5;/h9,12,16H,6-8,10-11,13-14H2,1-5H3,(H2,21,22,23);1H. The SMILES string of the molecule is CCNC(=NCc1sccc1C)NCC1CCN(C(=O)OC(C)(C)C)CC1.I. The Labute approximate surface area is 190 Å². The fourth-order valence-electron chi connectivity index (χ4n) is 2.95. The summed E-state index contributed by atoms with van der Waals surface area (Å²) in [6, 6.07) is 2.13. The van der Waals surface area contributed by atoms with Crippen molar-refractivity contribution in [1.29, 1.82) is 0 Å². The van der Waals surface area contributed by atoms with E-state index in [0.29, 0.717) is 12.5 Å². The molecule has 1 aromatic rings. The fourth-order valence-corrected chi connectivity index (χ4v) is 3.78. The number of ether oxygens (including phenoxy) is 1. The molecule has 2 heterocycles. The number of hydrogen-bond donors (Lipinski definition) is 2. The quantitative estimate of drug-likeness (QED) is 0.343. The van der Waals surface area contributed by atoms with Gasteiger partial charge >= 0.3 is 6.09 Å². The Hall–Kier alpha value is -1.03. The first kappa shape index (κ1) is 25.0. The van der Waals surface area contributed by atoms with Crippen LogP contribution in [0.25, 0.3) is 0 Å². The van der Waals surface area contributed by atoms with Gasteiger partial charge in [-0.1, -0.05) is 0 Å². The zero-order chi connectivity index (χ0) is 19.9. The molecule has 2 N–H and O–H groups in total. The monoisotopic (exact) mass is 522 g/mol. The van der Waals surface area contributed by atoms with Gasteiger partial charge in [-0.25, -0.2) is 9.79 Å². The smallest absolute Gasteiger partial charge is 0.410 e. The second-order valence-corrected chi connectivity index (χ2v) is 9.01. The summed E-state index contributed by atoms with van der Waals surface area (Å²) in [5, 5.41) is 8.89. The number of nitrogens with one attached hydrogen (secondary N) is 2. The molecule has 0 atom stereocenters. The molecule has 0 aromatic carbocycles. The summed E-state index contributed by atoms with van der Waals surface area (Å²) in [6.45, 7) is 13.8. The average Bonchev–Trinajstić information content (AvgIpc) is 3.01. The van der Waals surface area contributed by atoms with Crippen molar-refractivity contribution in [3.05, 3.63) is 21.9 Å². The van der Waals surface area contributed by atoms with Crippen LogP contribution in [0.1, 0.15) is 51.0 Å². The highest BCUT2D eigenvalue weighted by atomic mass is 127. The lowest BCUT2D eigenvalue weighted by molar-refractivity contribution is 0.0185. The summed E-state index contributed by atoms with van der Waals surface area (Å²) in [6.07, 6.45) is 1.76. The second kappa shape index (κ2) is 11.8. The lowest BCUT2D eigenvalue weighted by Gasteiger charge is -2.33. The van der Waals surface area contributed by atoms with Crippen LogP contribution in [0.15, 0.2) is 16.4 Å². The van der Waals surface area contributed by atoms with Crippen LogP contribution < -0.4 is 10.6 Å². The van der Waals surface area contributed by atoms with E-state index in [1.165, 1.54) is 10.4 Å². The topological polar surface area (TPSA) is 66.0 Å². The number of halogens is 1. The predicted octanol–water partition coefficient (Wildman–Crippen LogP) is 4.38. The van der Waals surface area contributed by atoms with E-state index in [9.17, 15) is 4.79 Å². The Morgan fingerprint density at radius 3 is 2.54 bits per heavy atom. The fraction of sp³-hybridized carbons (Fsp3) is 0.700. The van der Waals surface area contributed by atoms with E-state index in [2.05, 4.69) is 35.9 Å². The van der Waals surface area contributed by atoms with Crippen molar-refractivity contribution in [3.8, 4) is 0 Å². The van der Waals surface area contributed by atoms with Gasteiger partial charge in [0.25, 0.3) is 0 Å². The van der Waals surface area contributed by atoms with Crippen LogP contribution in [0, 0.1) is 12.8 Å². The number of nitrogens with zero attached hydrogens (tertiary/aromatic N) is 2. The number of rotatable bonds is 5. The van der Waals surface area contributed by atoms with Gasteiger partial charge < -0.3 is 20.3 Å². The van der Waals surface area contributed by atoms with Gasteiger partial charge in [-0.05, 0) is 70.4 Å². The molecular formula is C20H35IN4O2S. The molecule has 0 saturated carbocycles. The normalized spacial score (nSPS) is 15.8. The van der Waals surface area contributed by atoms with Crippen molar-refractivity contribution in [2.75, 3.05) is 26.2 Å². The second-order valence-electron chi connectivity index (χ2n) is 8.01. The van der Waals surface area contributed by atoms with Gasteiger partial charge in [-0.15, -0.1) is 35.3 Å². The van der Waals surface area contributed by atoms with Crippen LogP contribution in [-0.2, 0) is 11.3 Å². The van der Waals surface area contributed by atoms with Gasteiger partial charge in [-0.2, -0.15) is 0 Å². The van der Waals surface area contributed by atoms with E-state index < -0.39 is 5.60 Å². The number of thiophene rings is 1. The van der Waals surface area contributed by atoms with Gasteiger partial charge in [0.2, 0.25) is 0 Å². The summed E-state index contributed by atoms with van der Waals surface area (Å²) in [5.41, 5.74) is 0.863. The van der Waals surface area contributed by atoms with Crippen LogP contribution >= 0.6 is 35.3 Å². The molecule has 0 bridgehead atoms. The molecule has 1 fully saturated rings. The predicted molar refractivity (Wildman–Crippen MR) is 128 cm³/mol. The molecule has 1 aromatic heterocycles. The van der Waals surface area contributed by atoms with Crippen LogP contribution in [0.3, 0.4) is 0 Å². The van der Waals surface area contributed by atoms with Crippen molar-refractivity contribution in [1.82, 2.24) is 15.5 Å². The maximum Gasteiger partial charge on any atom is 0.410 e. The summed E-state index contributed by atoms with van der Waals surface area (Å²) in [4.78, 5) is 20.0. The first-order valence-corrected chi connectivity index (χ1v) is 10.7. The molecule has 160 valence electrons. The van der Waals surface area contributed by atoms with Gasteiger partial charge in [-0.3, -0.25) is 0 Å². The van der Waals surface area contributed by atoms with E-state index in [1.54, 1.807) is 11.3 Å². The van der Waals surface area contributed by atoms with Crippen molar-refractivity contribution >= 4 is 47.4 Å². The Morgan fingerprint density at radius 2 is 2.00 bits per heavy atom. The van der Waals surface area contributed by atoms with E-state index in [4.69, 9.17) is 9.73 Å². The van der Waals surface area contributed by atoms with E-state index >= 15 is 0 Å². The lowest BCUT2D eigenvalue weighted by atomic mass is 9.97. The van der Waals surface area contributed by atoms with Gasteiger partial charge in [0.1, 0.15) is 5.60 Å². The molecule has 0 aliphatic carbocycles. The Bertz CT molecular complexity index is 634. The van der Waals surface area contributed by atoms with E-state index in [0.717, 1.165) is 45.0 Å². The van der Waals surface area contributed by atoms with Crippen LogP contribution in [0.5, 0.6) is 0 Å². The third-order valence-corrected chi connectivity index (χ3v) is 5.53. The lowest BCUT2D eigenvalue weighted by Crippen LogP contribution is -2.45. The molecule has 1 amide bonds. The minimum absolute atomic E-state index is 0. The third-order valence-electron chi connectivity index (χ3n) is 4.52. The van der Waals surface area contributed by atoms with E-state index in [1.807, 2.05) is 25.7 Å². The number of hydrogen-bond acceptors (Lipinski definition) is 4. The third kappa shape index (κ3) is 8.55. The maximum atomic E-state index is 12.2. The minimum atomic E-state index is -0.437. The molecule has 1 aliphatic rings. The largest absolute Gasteiger partial charge is 0.444 e. The first-order valence-electron chi connectivity index (χ1n) is 9.81. The van der Waals surface area contributed by atoms with Crippen LogP contribution in [-0.4, -0.2) is 48.7 Å². The highest BCUT2D eigenvalue weighted by molar-refractivity contribution is 14.0. The number of likely N-dealkylation sites (tertiary alicyclic amines) is 1. The minimum Gasteiger partial charge on any atom is -0.444 e. The molecule has 0 radical (unpaired) electrons. The van der Waals surface area contributed by atoms with Gasteiger partial charge in [0.05, 0.1) is 6.54 Å². The molecule has 28 heavy (non-hydrogen) atoms. The zero-order valence-corrected chi connectivity index (χ0v) is 20.9. The number of amides is 1. The molecule has 0 unspecified atom stereocenters. The zero-order valence-electron chi connectivity index (χ0n) is 17.7. The average molecular weight is 522 g/mol. The molecule has 0 spiro atoms. The number of piperidine rings is 1. The van der Waals surface area contributed by atoms with E-state index in [-0.39, 0.29) is 30.1 Å². The Morgan fingerprint density at radius 1 is 1.32 bits per heavy atom. The number of carbonyl (C=O) groups is 1. The Kier molecular flexibility index (Phi) is 10.6. The molecule has 1 aliphatic heterocycles. The molecular weight excluding hydrogens is 487 g/mol. The number of guanidine groups is 1. The molecule has 1 saturated heterocycles. The summed E-state index contributed by atoms with van der Waals surface area (Å²) < 4.78 is 5.46. The summed E-state index contributed by atoms with van der Waals surface area (Å²) in [7, 11) is 0. The number of aliphatic imine (C=N–C) groups is 1. The van der Waals surface area contributed by atoms with Crippen molar-refractivity contribution in [3.63, 3.8) is 0 Å². The highest BCUT2D eigenvalue weighted by Crippen LogP contribution is 2.19. The van der Waals surface area contributed by atoms with Gasteiger partial charge in [0.15, 0.2) is 5.96 Å². The maximum absolute atomic E-state index is 12.2. The van der Waals surface area contributed by atoms with Gasteiger partial charge in [0, 0.05) is 31.1 Å². The summed E-state index contributed by atoms with van der Waals surface area (Å²) in [5.74, 6) is 1.40. The number of carbonyl (C=O) groups excluding carboxylic acids is 1. The van der Waals surface area contributed by atoms with Crippen LogP contribution in [0.2, 0.25) is 0 Å². The van der Waals surface area contributed by atoms with Crippen molar-refractivity contribution in [2.45, 2.75) is 59.6 Å². The Balaban J connectivity index is 0.00000392. The van der Waals surface area contributed by atoms with Crippen LogP contribution in [0.4, 0.5) is 4.79 Å². The van der Waals surface area contributed by atoms with Crippen molar-refractivity contribution < 1.29 is 9.53 Å². The first-order chi connectivity index (χ1) is 12.8. The molecule has 8 heteroatoms. The molecule has 6 nitrogen and oxygen atoms in total. The number of aryl methyl sites for hydroxylation is 1. The molecule has 2 rings (SSSR count). The van der Waals surface area contributed by atoms with Crippen molar-refractivity contribution in [2.24, 2.45) is 10.9 Å². The highest BCUT2D eigenvalue weighted by Gasteiger charge is 2.26. The summed E-state index contributed by atoms with van der Waals surface area (Å²) >= 11 is 1.75.